The lowest BCUT2D eigenvalue weighted by Gasteiger charge is -2.12. The number of aromatic nitrogens is 3. The smallest absolute Gasteiger partial charge is 0.268 e. The Kier molecular flexibility index (Phi) is 8.79. The van der Waals surface area contributed by atoms with Gasteiger partial charge in [0.25, 0.3) is 11.8 Å². The van der Waals surface area contributed by atoms with Crippen LogP contribution in [0.2, 0.25) is 15.1 Å². The van der Waals surface area contributed by atoms with Crippen LogP contribution >= 0.6 is 34.8 Å². The zero-order valence-electron chi connectivity index (χ0n) is 21.4. The lowest BCUT2D eigenvalue weighted by Crippen LogP contribution is -2.34. The molecule has 2 aromatic heterocycles. The summed E-state index contributed by atoms with van der Waals surface area (Å²) in [6, 6.07) is 24.9. The number of nitrogens with zero attached hydrogens (tertiary/aromatic N) is 3. The summed E-state index contributed by atoms with van der Waals surface area (Å²) >= 11 is 18.4. The van der Waals surface area contributed by atoms with E-state index < -0.39 is 11.8 Å². The Hall–Kier alpha value is -4.43. The first-order valence-corrected chi connectivity index (χ1v) is 13.6. The summed E-state index contributed by atoms with van der Waals surface area (Å²) in [6.07, 6.45) is 6.67. The number of amides is 2. The zero-order chi connectivity index (χ0) is 28.8. The fourth-order valence-corrected chi connectivity index (χ4v) is 4.62. The Bertz CT molecular complexity index is 1720. The maximum absolute atomic E-state index is 13.5. The van der Waals surface area contributed by atoms with E-state index in [-0.39, 0.29) is 22.8 Å². The average Bonchev–Trinajstić information content (AvgIpc) is 3.40. The zero-order valence-corrected chi connectivity index (χ0v) is 23.7. The van der Waals surface area contributed by atoms with Gasteiger partial charge in [-0.3, -0.25) is 14.6 Å². The number of para-hydroxylation sites is 1. The summed E-state index contributed by atoms with van der Waals surface area (Å²) < 4.78 is 1.71. The van der Waals surface area contributed by atoms with Crippen LogP contribution in [0.4, 0.5) is 0 Å². The van der Waals surface area contributed by atoms with Gasteiger partial charge in [-0.25, -0.2) is 4.68 Å². The summed E-state index contributed by atoms with van der Waals surface area (Å²) in [7, 11) is 0. The van der Waals surface area contributed by atoms with Gasteiger partial charge in [0.1, 0.15) is 11.4 Å². The van der Waals surface area contributed by atoms with Gasteiger partial charge in [-0.2, -0.15) is 5.10 Å². The molecule has 0 aliphatic rings. The van der Waals surface area contributed by atoms with E-state index in [9.17, 15) is 9.59 Å². The molecule has 0 radical (unpaired) electrons. The van der Waals surface area contributed by atoms with Crippen molar-refractivity contribution in [2.24, 2.45) is 0 Å². The molecule has 0 spiro atoms. The minimum atomic E-state index is -0.571. The van der Waals surface area contributed by atoms with Crippen molar-refractivity contribution in [2.45, 2.75) is 6.54 Å². The van der Waals surface area contributed by atoms with E-state index in [1.165, 1.54) is 12.1 Å². The van der Waals surface area contributed by atoms with E-state index in [4.69, 9.17) is 39.9 Å². The molecular formula is C31H22Cl3N5O2. The van der Waals surface area contributed by atoms with Crippen molar-refractivity contribution in [3.63, 3.8) is 0 Å². The number of nitrogens with one attached hydrogen (secondary N) is 2. The van der Waals surface area contributed by atoms with E-state index in [1.807, 2.05) is 48.5 Å². The van der Waals surface area contributed by atoms with Crippen molar-refractivity contribution in [1.29, 1.82) is 0 Å². The van der Waals surface area contributed by atoms with E-state index in [1.54, 1.807) is 53.6 Å². The first kappa shape index (κ1) is 28.1. The maximum atomic E-state index is 13.5. The largest absolute Gasteiger partial charge is 0.347 e. The van der Waals surface area contributed by atoms with Crippen LogP contribution in [0.15, 0.2) is 109 Å². The van der Waals surface area contributed by atoms with Crippen LogP contribution in [0.3, 0.4) is 0 Å². The quantitative estimate of drug-likeness (QED) is 0.188. The number of carbonyl (C=O) groups excluding carboxylic acids is 2. The molecule has 0 aliphatic carbocycles. The molecule has 0 saturated carbocycles. The van der Waals surface area contributed by atoms with Gasteiger partial charge in [0.15, 0.2) is 0 Å². The van der Waals surface area contributed by atoms with Gasteiger partial charge in [0.05, 0.1) is 16.3 Å². The minimum absolute atomic E-state index is 0.00673. The molecule has 5 aromatic rings. The summed E-state index contributed by atoms with van der Waals surface area (Å²) in [5.74, 6) is -1.08. The van der Waals surface area contributed by atoms with E-state index in [0.29, 0.717) is 21.3 Å². The second-order valence-electron chi connectivity index (χ2n) is 8.90. The van der Waals surface area contributed by atoms with Gasteiger partial charge < -0.3 is 10.6 Å². The van der Waals surface area contributed by atoms with Crippen molar-refractivity contribution in [1.82, 2.24) is 25.4 Å². The van der Waals surface area contributed by atoms with Crippen LogP contribution in [0.5, 0.6) is 0 Å². The van der Waals surface area contributed by atoms with E-state index in [0.717, 1.165) is 16.8 Å². The number of halogens is 3. The number of benzene rings is 3. The average molecular weight is 603 g/mol. The monoisotopic (exact) mass is 601 g/mol. The lowest BCUT2D eigenvalue weighted by molar-refractivity contribution is -0.117. The van der Waals surface area contributed by atoms with Crippen LogP contribution in [-0.2, 0) is 11.3 Å². The van der Waals surface area contributed by atoms with Crippen LogP contribution in [-0.4, -0.2) is 26.6 Å². The van der Waals surface area contributed by atoms with Crippen molar-refractivity contribution < 1.29 is 9.59 Å². The molecule has 0 saturated heterocycles. The molecule has 2 amide bonds. The Labute approximate surface area is 251 Å². The predicted octanol–water partition coefficient (Wildman–Crippen LogP) is 6.98. The highest BCUT2D eigenvalue weighted by molar-refractivity contribution is 6.36. The standard InChI is InChI=1S/C31H22Cl3N5O2/c32-23-10-8-21(9-11-23)29-22(19-39(38-29)25-6-2-1-3-7-25)15-28(31(41)36-18-20-5-4-14-35-17-20)37-30(40)26-13-12-24(33)16-27(26)34/h1-17,19H,18H2,(H,36,41)(H,37,40)/b28-15-. The van der Waals surface area contributed by atoms with E-state index >= 15 is 0 Å². The highest BCUT2D eigenvalue weighted by Gasteiger charge is 2.19. The Balaban J connectivity index is 1.56. The van der Waals surface area contributed by atoms with Crippen molar-refractivity contribution in [3.05, 3.63) is 141 Å². The fraction of sp³-hybridized carbons (Fsp3) is 0.0323. The van der Waals surface area contributed by atoms with Gasteiger partial charge in [-0.15, -0.1) is 0 Å². The third-order valence-corrected chi connectivity index (χ3v) is 6.83. The lowest BCUT2D eigenvalue weighted by atomic mass is 10.1. The molecule has 0 bridgehead atoms. The SMILES string of the molecule is O=C(NCc1cccnc1)/C(=C/c1cn(-c2ccccc2)nc1-c1ccc(Cl)cc1)NC(=O)c1ccc(Cl)cc1Cl. The van der Waals surface area contributed by atoms with Crippen molar-refractivity contribution >= 4 is 52.7 Å². The van der Waals surface area contributed by atoms with Gasteiger partial charge >= 0.3 is 0 Å². The summed E-state index contributed by atoms with van der Waals surface area (Å²) in [5, 5.41) is 11.5. The molecule has 5 rings (SSSR count). The van der Waals surface area contributed by atoms with Gasteiger partial charge in [-0.1, -0.05) is 71.2 Å². The minimum Gasteiger partial charge on any atom is -0.347 e. The highest BCUT2D eigenvalue weighted by atomic mass is 35.5. The molecule has 2 N–H and O–H groups in total. The van der Waals surface area contributed by atoms with Crippen LogP contribution in [0.25, 0.3) is 23.0 Å². The summed E-state index contributed by atoms with van der Waals surface area (Å²) in [5.41, 5.74) is 3.73. The first-order chi connectivity index (χ1) is 19.9. The highest BCUT2D eigenvalue weighted by Crippen LogP contribution is 2.27. The third kappa shape index (κ3) is 7.02. The second-order valence-corrected chi connectivity index (χ2v) is 10.2. The molecule has 0 atom stereocenters. The molecule has 204 valence electrons. The normalized spacial score (nSPS) is 11.2. The number of pyridine rings is 1. The molecular weight excluding hydrogens is 581 g/mol. The maximum Gasteiger partial charge on any atom is 0.268 e. The Morgan fingerprint density at radius 2 is 1.63 bits per heavy atom. The van der Waals surface area contributed by atoms with Crippen LogP contribution in [0, 0.1) is 0 Å². The van der Waals surface area contributed by atoms with Crippen LogP contribution < -0.4 is 10.6 Å². The summed E-state index contributed by atoms with van der Waals surface area (Å²) in [4.78, 5) is 30.8. The molecule has 0 aliphatic heterocycles. The number of rotatable bonds is 8. The molecule has 0 fully saturated rings. The predicted molar refractivity (Wildman–Crippen MR) is 162 cm³/mol. The van der Waals surface area contributed by atoms with Crippen molar-refractivity contribution in [3.8, 4) is 16.9 Å². The number of carbonyl (C=O) groups is 2. The van der Waals surface area contributed by atoms with Crippen molar-refractivity contribution in [2.75, 3.05) is 0 Å². The van der Waals surface area contributed by atoms with Gasteiger partial charge in [0.2, 0.25) is 0 Å². The third-order valence-electron chi connectivity index (χ3n) is 6.03. The second kappa shape index (κ2) is 12.8. The first-order valence-electron chi connectivity index (χ1n) is 12.4. The van der Waals surface area contributed by atoms with E-state index in [2.05, 4.69) is 15.6 Å². The molecule has 10 heteroatoms. The molecule has 3 aromatic carbocycles. The molecule has 2 heterocycles. The van der Waals surface area contributed by atoms with Gasteiger partial charge in [-0.05, 0) is 60.2 Å². The number of hydrogen-bond donors (Lipinski definition) is 2. The van der Waals surface area contributed by atoms with Gasteiger partial charge in [0, 0.05) is 46.3 Å². The molecule has 0 unspecified atom stereocenters. The van der Waals surface area contributed by atoms with Crippen LogP contribution in [0.1, 0.15) is 21.5 Å². The fourth-order valence-electron chi connectivity index (χ4n) is 4.00. The number of hydrogen-bond acceptors (Lipinski definition) is 4. The topological polar surface area (TPSA) is 88.9 Å². The Morgan fingerprint density at radius 3 is 2.34 bits per heavy atom. The Morgan fingerprint density at radius 1 is 0.878 bits per heavy atom. The summed E-state index contributed by atoms with van der Waals surface area (Å²) in [6.45, 7) is 0.203. The molecule has 7 nitrogen and oxygen atoms in total. The molecule has 41 heavy (non-hydrogen) atoms.